The molecule has 6 nitrogen and oxygen atoms in total. The van der Waals surface area contributed by atoms with E-state index in [0.717, 1.165) is 42.1 Å². The van der Waals surface area contributed by atoms with Crippen molar-refractivity contribution in [2.24, 2.45) is 5.41 Å². The van der Waals surface area contributed by atoms with Crippen molar-refractivity contribution in [3.05, 3.63) is 42.0 Å². The highest BCUT2D eigenvalue weighted by atomic mass is 32.2. The number of fused-ring (bicyclic) bond motifs is 1. The van der Waals surface area contributed by atoms with Crippen LogP contribution < -0.4 is 10.6 Å². The van der Waals surface area contributed by atoms with Gasteiger partial charge in [-0.2, -0.15) is 0 Å². The van der Waals surface area contributed by atoms with Crippen LogP contribution in [0, 0.1) is 5.41 Å². The summed E-state index contributed by atoms with van der Waals surface area (Å²) in [6.07, 6.45) is 12.3. The molecule has 2 heterocycles. The zero-order chi connectivity index (χ0) is 26.0. The minimum Gasteiger partial charge on any atom is -0.322 e. The van der Waals surface area contributed by atoms with E-state index in [2.05, 4.69) is 43.2 Å². The van der Waals surface area contributed by atoms with Crippen LogP contribution in [0.5, 0.6) is 0 Å². The number of carbonyl (C=O) groups excluding carboxylic acids is 3. The highest BCUT2D eigenvalue weighted by Gasteiger charge is 2.39. The molecule has 1 saturated heterocycles. The van der Waals surface area contributed by atoms with E-state index in [1.807, 2.05) is 23.9 Å². The van der Waals surface area contributed by atoms with E-state index in [9.17, 15) is 14.4 Å². The second kappa shape index (κ2) is 14.0. The number of carbonyl (C=O) groups is 3. The fraction of sp³-hybridized carbons (Fsp3) is 0.621. The molecule has 2 aliphatic rings. The predicted molar refractivity (Wildman–Crippen MR) is 147 cm³/mol. The molecular formula is C29H43N3O3S. The Morgan fingerprint density at radius 1 is 1.14 bits per heavy atom. The highest BCUT2D eigenvalue weighted by Crippen LogP contribution is 2.35. The largest absolute Gasteiger partial charge is 0.322 e. The molecule has 198 valence electrons. The van der Waals surface area contributed by atoms with Crippen LogP contribution in [0.3, 0.4) is 0 Å². The van der Waals surface area contributed by atoms with Crippen molar-refractivity contribution in [3.8, 4) is 0 Å². The van der Waals surface area contributed by atoms with Crippen LogP contribution in [0.15, 0.2) is 35.7 Å². The predicted octanol–water partition coefficient (Wildman–Crippen LogP) is 5.46. The number of hydrogen-bond acceptors (Lipinski definition) is 5. The van der Waals surface area contributed by atoms with Gasteiger partial charge in [0.2, 0.25) is 11.8 Å². The number of allylic oxidation sites excluding steroid dienone is 1. The van der Waals surface area contributed by atoms with Crippen LogP contribution in [-0.2, 0) is 16.1 Å². The smallest absolute Gasteiger partial charge is 0.255 e. The Kier molecular flexibility index (Phi) is 11.1. The number of imide groups is 1. The number of benzene rings is 1. The molecule has 0 spiro atoms. The van der Waals surface area contributed by atoms with Crippen LogP contribution in [-0.4, -0.2) is 47.5 Å². The van der Waals surface area contributed by atoms with Crippen LogP contribution in [0.4, 0.5) is 0 Å². The van der Waals surface area contributed by atoms with Gasteiger partial charge in [0.05, 0.1) is 0 Å². The number of thioether (sulfide) groups is 1. The molecule has 0 aliphatic carbocycles. The summed E-state index contributed by atoms with van der Waals surface area (Å²) in [7, 11) is 0. The summed E-state index contributed by atoms with van der Waals surface area (Å²) in [5.41, 5.74) is 2.08. The first-order valence-electron chi connectivity index (χ1n) is 13.7. The van der Waals surface area contributed by atoms with E-state index in [4.69, 9.17) is 0 Å². The summed E-state index contributed by atoms with van der Waals surface area (Å²) in [5, 5.41) is 6.04. The normalized spacial score (nSPS) is 17.9. The molecule has 0 aromatic heterocycles. The van der Waals surface area contributed by atoms with E-state index < -0.39 is 6.04 Å². The fourth-order valence-corrected chi connectivity index (χ4v) is 6.37. The van der Waals surface area contributed by atoms with E-state index in [1.54, 1.807) is 4.90 Å². The molecule has 3 amide bonds. The average molecular weight is 514 g/mol. The third-order valence-electron chi connectivity index (χ3n) is 7.87. The molecule has 3 rings (SSSR count). The Morgan fingerprint density at radius 2 is 1.89 bits per heavy atom. The van der Waals surface area contributed by atoms with Crippen molar-refractivity contribution in [1.29, 1.82) is 0 Å². The van der Waals surface area contributed by atoms with Gasteiger partial charge in [-0.3, -0.25) is 19.7 Å². The third-order valence-corrected chi connectivity index (χ3v) is 9.06. The molecule has 0 bridgehead atoms. The van der Waals surface area contributed by atoms with Crippen molar-refractivity contribution in [2.75, 3.05) is 18.8 Å². The molecule has 1 aromatic rings. The topological polar surface area (TPSA) is 78.5 Å². The van der Waals surface area contributed by atoms with E-state index >= 15 is 0 Å². The van der Waals surface area contributed by atoms with Crippen molar-refractivity contribution in [1.82, 2.24) is 15.5 Å². The summed E-state index contributed by atoms with van der Waals surface area (Å²) in [4.78, 5) is 39.5. The SMILES string of the molecule is C=CCC(CC)(CC)CNCCCCCCCSc1cccc2c1CN(C1CCC(=O)NC1=O)C2=O. The Hall–Kier alpha value is -2.12. The molecule has 0 saturated carbocycles. The van der Waals surface area contributed by atoms with Crippen molar-refractivity contribution in [3.63, 3.8) is 0 Å². The number of rotatable bonds is 16. The maximum atomic E-state index is 13.0. The van der Waals surface area contributed by atoms with Gasteiger partial charge in [-0.05, 0) is 73.9 Å². The van der Waals surface area contributed by atoms with Gasteiger partial charge < -0.3 is 10.2 Å². The third kappa shape index (κ3) is 7.22. The first kappa shape index (κ1) is 28.5. The molecule has 2 aliphatic heterocycles. The van der Waals surface area contributed by atoms with E-state index in [0.29, 0.717) is 23.9 Å². The van der Waals surface area contributed by atoms with Gasteiger partial charge in [-0.1, -0.05) is 45.3 Å². The number of hydrogen-bond donors (Lipinski definition) is 2. The van der Waals surface area contributed by atoms with Crippen LogP contribution in [0.25, 0.3) is 0 Å². The lowest BCUT2D eigenvalue weighted by Gasteiger charge is -2.31. The molecule has 1 atom stereocenters. The lowest BCUT2D eigenvalue weighted by Crippen LogP contribution is -2.52. The molecule has 1 unspecified atom stereocenters. The zero-order valence-corrected chi connectivity index (χ0v) is 22.9. The van der Waals surface area contributed by atoms with Crippen LogP contribution >= 0.6 is 11.8 Å². The second-order valence-electron chi connectivity index (χ2n) is 10.2. The number of nitrogens with one attached hydrogen (secondary N) is 2. The maximum absolute atomic E-state index is 13.0. The van der Waals surface area contributed by atoms with Crippen molar-refractivity contribution >= 4 is 29.5 Å². The fourth-order valence-electron chi connectivity index (χ4n) is 5.28. The molecule has 36 heavy (non-hydrogen) atoms. The Bertz CT molecular complexity index is 928. The van der Waals surface area contributed by atoms with Gasteiger partial charge in [0.15, 0.2) is 0 Å². The number of unbranched alkanes of at least 4 members (excludes halogenated alkanes) is 4. The minimum atomic E-state index is -0.558. The Morgan fingerprint density at radius 3 is 2.61 bits per heavy atom. The lowest BCUT2D eigenvalue weighted by molar-refractivity contribution is -0.136. The molecule has 7 heteroatoms. The molecule has 0 radical (unpaired) electrons. The minimum absolute atomic E-state index is 0.102. The zero-order valence-electron chi connectivity index (χ0n) is 22.1. The van der Waals surface area contributed by atoms with Crippen molar-refractivity contribution in [2.45, 2.75) is 95.5 Å². The van der Waals surface area contributed by atoms with Gasteiger partial charge in [0.25, 0.3) is 5.91 Å². The molecule has 2 N–H and O–H groups in total. The van der Waals surface area contributed by atoms with E-state index in [1.165, 1.54) is 38.5 Å². The van der Waals surface area contributed by atoms with Crippen molar-refractivity contribution < 1.29 is 14.4 Å². The van der Waals surface area contributed by atoms with Crippen LogP contribution in [0.2, 0.25) is 0 Å². The monoisotopic (exact) mass is 513 g/mol. The second-order valence-corrected chi connectivity index (χ2v) is 11.3. The molecule has 1 fully saturated rings. The summed E-state index contributed by atoms with van der Waals surface area (Å²) >= 11 is 1.81. The van der Waals surface area contributed by atoms with Crippen LogP contribution in [0.1, 0.15) is 94.0 Å². The quantitative estimate of drug-likeness (QED) is 0.133. The van der Waals surface area contributed by atoms with Gasteiger partial charge in [0, 0.05) is 30.0 Å². The Balaban J connectivity index is 1.34. The summed E-state index contributed by atoms with van der Waals surface area (Å²) in [6, 6.07) is 5.30. The number of piperidine rings is 1. The molecular weight excluding hydrogens is 470 g/mol. The molecule has 1 aromatic carbocycles. The lowest BCUT2D eigenvalue weighted by atomic mass is 9.79. The Labute approximate surface area is 221 Å². The first-order chi connectivity index (χ1) is 17.4. The number of amides is 3. The summed E-state index contributed by atoms with van der Waals surface area (Å²) < 4.78 is 0. The van der Waals surface area contributed by atoms with Gasteiger partial charge in [-0.15, -0.1) is 18.3 Å². The highest BCUT2D eigenvalue weighted by molar-refractivity contribution is 7.99. The van der Waals surface area contributed by atoms with Gasteiger partial charge in [0.1, 0.15) is 6.04 Å². The maximum Gasteiger partial charge on any atom is 0.255 e. The average Bonchev–Trinajstić information content (AvgIpc) is 3.21. The van der Waals surface area contributed by atoms with Gasteiger partial charge in [-0.25, -0.2) is 0 Å². The van der Waals surface area contributed by atoms with Gasteiger partial charge >= 0.3 is 0 Å². The first-order valence-corrected chi connectivity index (χ1v) is 14.6. The standard InChI is InChI=1S/C29H43N3O3S/c1-4-17-29(5-2,6-3)21-30-18-10-8-7-9-11-19-36-25-14-12-13-22-23(25)20-32(28(22)35)24-15-16-26(33)31-27(24)34/h4,12-14,24,30H,1,5-11,15-21H2,2-3H3,(H,31,33,34). The van der Waals surface area contributed by atoms with E-state index in [-0.39, 0.29) is 24.1 Å². The summed E-state index contributed by atoms with van der Waals surface area (Å²) in [5.74, 6) is 0.309. The summed E-state index contributed by atoms with van der Waals surface area (Å²) in [6.45, 7) is 11.1. The number of nitrogens with zero attached hydrogens (tertiary/aromatic N) is 1.